The van der Waals surface area contributed by atoms with Crippen LogP contribution in [0.2, 0.25) is 0 Å². The van der Waals surface area contributed by atoms with Crippen LogP contribution in [-0.4, -0.2) is 30.5 Å². The van der Waals surface area contributed by atoms with Gasteiger partial charge in [-0.3, -0.25) is 9.78 Å². The van der Waals surface area contributed by atoms with Gasteiger partial charge in [-0.25, -0.2) is 0 Å². The standard InChI is InChI=1S/C22H22F3N3O/c23-22(24,25)16-4-1-5-17(11-16)28-13-19-18(20(19)14-28)8-10-27-21(29)7-6-15-3-2-9-26-12-15/h1-7,9,11-12,18-20H,8,10,13-14H2,(H,27,29)/b7-6+/t18-,19-,20+. The zero-order chi connectivity index (χ0) is 20.4. The van der Waals surface area contributed by atoms with Gasteiger partial charge in [0.1, 0.15) is 0 Å². The van der Waals surface area contributed by atoms with Gasteiger partial charge in [0.25, 0.3) is 0 Å². The van der Waals surface area contributed by atoms with Crippen LogP contribution in [0, 0.1) is 17.8 Å². The molecule has 0 bridgehead atoms. The highest BCUT2D eigenvalue weighted by Crippen LogP contribution is 2.54. The van der Waals surface area contributed by atoms with Crippen molar-refractivity contribution >= 4 is 17.7 Å². The molecule has 0 unspecified atom stereocenters. The fourth-order valence-electron chi connectivity index (χ4n) is 4.23. The van der Waals surface area contributed by atoms with Crippen molar-refractivity contribution < 1.29 is 18.0 Å². The summed E-state index contributed by atoms with van der Waals surface area (Å²) in [5.41, 5.74) is 0.905. The van der Waals surface area contributed by atoms with Gasteiger partial charge in [-0.15, -0.1) is 0 Å². The van der Waals surface area contributed by atoms with Gasteiger partial charge in [0.15, 0.2) is 0 Å². The van der Waals surface area contributed by atoms with Crippen LogP contribution in [0.4, 0.5) is 18.9 Å². The first kappa shape index (κ1) is 19.5. The number of hydrogen-bond acceptors (Lipinski definition) is 3. The highest BCUT2D eigenvalue weighted by atomic mass is 19.4. The number of anilines is 1. The monoisotopic (exact) mass is 401 g/mol. The van der Waals surface area contributed by atoms with E-state index in [1.807, 2.05) is 17.0 Å². The second-order valence-electron chi connectivity index (χ2n) is 7.64. The van der Waals surface area contributed by atoms with Crippen molar-refractivity contribution in [1.29, 1.82) is 0 Å². The number of amides is 1. The molecule has 1 saturated carbocycles. The number of nitrogens with one attached hydrogen (secondary N) is 1. The van der Waals surface area contributed by atoms with Crippen molar-refractivity contribution in [2.45, 2.75) is 12.6 Å². The molecule has 2 fully saturated rings. The van der Waals surface area contributed by atoms with Crippen molar-refractivity contribution in [2.24, 2.45) is 17.8 Å². The summed E-state index contributed by atoms with van der Waals surface area (Å²) >= 11 is 0. The van der Waals surface area contributed by atoms with Crippen LogP contribution in [0.3, 0.4) is 0 Å². The number of halogens is 3. The molecule has 152 valence electrons. The minimum Gasteiger partial charge on any atom is -0.371 e. The summed E-state index contributed by atoms with van der Waals surface area (Å²) in [6.07, 6.45) is 3.17. The molecule has 4 nitrogen and oxygen atoms in total. The topological polar surface area (TPSA) is 45.2 Å². The number of piperidine rings is 1. The molecule has 1 N–H and O–H groups in total. The quantitative estimate of drug-likeness (QED) is 0.745. The molecule has 4 rings (SSSR count). The van der Waals surface area contributed by atoms with E-state index in [1.54, 1.807) is 24.5 Å². The number of pyridine rings is 1. The van der Waals surface area contributed by atoms with Gasteiger partial charge < -0.3 is 10.2 Å². The summed E-state index contributed by atoms with van der Waals surface area (Å²) in [4.78, 5) is 17.9. The summed E-state index contributed by atoms with van der Waals surface area (Å²) in [6.45, 7) is 2.18. The number of carbonyl (C=O) groups is 1. The molecule has 0 radical (unpaired) electrons. The largest absolute Gasteiger partial charge is 0.416 e. The molecule has 1 aromatic heterocycles. The maximum absolute atomic E-state index is 12.9. The minimum atomic E-state index is -4.31. The van der Waals surface area contributed by atoms with E-state index >= 15 is 0 Å². The molecule has 2 heterocycles. The Hall–Kier alpha value is -2.83. The zero-order valence-electron chi connectivity index (χ0n) is 15.8. The third-order valence-electron chi connectivity index (χ3n) is 5.80. The third kappa shape index (κ3) is 4.60. The molecule has 3 atom stereocenters. The summed E-state index contributed by atoms with van der Waals surface area (Å²) in [5.74, 6) is 1.42. The summed E-state index contributed by atoms with van der Waals surface area (Å²) in [5, 5.41) is 2.90. The van der Waals surface area contributed by atoms with Gasteiger partial charge in [0, 0.05) is 43.8 Å². The van der Waals surface area contributed by atoms with E-state index in [0.29, 0.717) is 30.0 Å². The molecule has 1 saturated heterocycles. The van der Waals surface area contributed by atoms with Crippen molar-refractivity contribution in [3.63, 3.8) is 0 Å². The molecule has 1 amide bonds. The normalized spacial score (nSPS) is 23.3. The lowest BCUT2D eigenvalue weighted by atomic mass is 10.1. The molecule has 7 heteroatoms. The van der Waals surface area contributed by atoms with Crippen LogP contribution in [0.5, 0.6) is 0 Å². The highest BCUT2D eigenvalue weighted by Gasteiger charge is 2.54. The average molecular weight is 401 g/mol. The summed E-state index contributed by atoms with van der Waals surface area (Å²) in [6, 6.07) is 9.23. The molecule has 2 aromatic rings. The number of rotatable bonds is 6. The van der Waals surface area contributed by atoms with Gasteiger partial charge in [0.05, 0.1) is 5.56 Å². The maximum Gasteiger partial charge on any atom is 0.416 e. The van der Waals surface area contributed by atoms with Gasteiger partial charge in [-0.1, -0.05) is 12.1 Å². The molecule has 2 aliphatic rings. The SMILES string of the molecule is O=C(/C=C/c1cccnc1)NCC[C@@H]1[C@H]2CN(c3cccc(C(F)(F)F)c3)C[C@@H]12. The van der Waals surface area contributed by atoms with Crippen LogP contribution < -0.4 is 10.2 Å². The van der Waals surface area contributed by atoms with E-state index in [9.17, 15) is 18.0 Å². The second kappa shape index (κ2) is 7.89. The predicted octanol–water partition coefficient (Wildman–Crippen LogP) is 4.00. The van der Waals surface area contributed by atoms with Crippen LogP contribution >= 0.6 is 0 Å². The minimum absolute atomic E-state index is 0.134. The molecular weight excluding hydrogens is 379 g/mol. The molecule has 1 aliphatic heterocycles. The number of alkyl halides is 3. The van der Waals surface area contributed by atoms with Gasteiger partial charge >= 0.3 is 6.18 Å². The first-order valence-corrected chi connectivity index (χ1v) is 9.70. The van der Waals surface area contributed by atoms with Crippen LogP contribution in [0.15, 0.2) is 54.9 Å². The molecule has 0 spiro atoms. The molecule has 1 aliphatic carbocycles. The Bertz CT molecular complexity index is 886. The number of aromatic nitrogens is 1. The zero-order valence-corrected chi connectivity index (χ0v) is 15.8. The van der Waals surface area contributed by atoms with Crippen molar-refractivity contribution in [2.75, 3.05) is 24.5 Å². The van der Waals surface area contributed by atoms with E-state index in [4.69, 9.17) is 0 Å². The number of hydrogen-bond donors (Lipinski definition) is 1. The first-order chi connectivity index (χ1) is 13.9. The number of fused-ring (bicyclic) bond motifs is 1. The average Bonchev–Trinajstić information content (AvgIpc) is 3.15. The number of nitrogens with zero attached hydrogens (tertiary/aromatic N) is 2. The highest BCUT2D eigenvalue weighted by molar-refractivity contribution is 5.91. The fourth-order valence-corrected chi connectivity index (χ4v) is 4.23. The van der Waals surface area contributed by atoms with Gasteiger partial charge in [-0.2, -0.15) is 13.2 Å². The Morgan fingerprint density at radius 3 is 2.69 bits per heavy atom. The van der Waals surface area contributed by atoms with E-state index in [-0.39, 0.29) is 5.91 Å². The van der Waals surface area contributed by atoms with Crippen molar-refractivity contribution in [3.8, 4) is 0 Å². The third-order valence-corrected chi connectivity index (χ3v) is 5.80. The van der Waals surface area contributed by atoms with Crippen LogP contribution in [-0.2, 0) is 11.0 Å². The predicted molar refractivity (Wildman–Crippen MR) is 105 cm³/mol. The first-order valence-electron chi connectivity index (χ1n) is 9.70. The Labute approximate surface area is 167 Å². The second-order valence-corrected chi connectivity index (χ2v) is 7.64. The van der Waals surface area contributed by atoms with E-state index in [2.05, 4.69) is 10.3 Å². The Balaban J connectivity index is 1.20. The van der Waals surface area contributed by atoms with Crippen LogP contribution in [0.25, 0.3) is 6.08 Å². The van der Waals surface area contributed by atoms with Crippen LogP contribution in [0.1, 0.15) is 17.5 Å². The van der Waals surface area contributed by atoms with Crippen molar-refractivity contribution in [3.05, 3.63) is 66.0 Å². The lowest BCUT2D eigenvalue weighted by Gasteiger charge is -2.23. The fraction of sp³-hybridized carbons (Fsp3) is 0.364. The molecule has 29 heavy (non-hydrogen) atoms. The van der Waals surface area contributed by atoms with Crippen molar-refractivity contribution in [1.82, 2.24) is 10.3 Å². The Morgan fingerprint density at radius 2 is 2.00 bits per heavy atom. The molecular formula is C22H22F3N3O. The number of carbonyl (C=O) groups excluding carboxylic acids is 1. The van der Waals surface area contributed by atoms with Gasteiger partial charge in [-0.05, 0) is 60.1 Å². The molecule has 1 aromatic carbocycles. The summed E-state index contributed by atoms with van der Waals surface area (Å²) < 4.78 is 38.7. The smallest absolute Gasteiger partial charge is 0.371 e. The Morgan fingerprint density at radius 1 is 1.21 bits per heavy atom. The Kier molecular flexibility index (Phi) is 5.30. The van der Waals surface area contributed by atoms with E-state index < -0.39 is 11.7 Å². The van der Waals surface area contributed by atoms with E-state index in [1.165, 1.54) is 18.2 Å². The lowest BCUT2D eigenvalue weighted by molar-refractivity contribution is -0.137. The lowest BCUT2D eigenvalue weighted by Crippen LogP contribution is -2.26. The van der Waals surface area contributed by atoms with E-state index in [0.717, 1.165) is 31.1 Å². The number of benzene rings is 1. The maximum atomic E-state index is 12.9. The summed E-state index contributed by atoms with van der Waals surface area (Å²) in [7, 11) is 0. The van der Waals surface area contributed by atoms with Gasteiger partial charge in [0.2, 0.25) is 5.91 Å².